The van der Waals surface area contributed by atoms with E-state index in [4.69, 9.17) is 17.3 Å². The van der Waals surface area contributed by atoms with Gasteiger partial charge >= 0.3 is 0 Å². The van der Waals surface area contributed by atoms with Crippen molar-refractivity contribution in [3.05, 3.63) is 28.8 Å². The van der Waals surface area contributed by atoms with Gasteiger partial charge in [0.25, 0.3) is 5.91 Å². The van der Waals surface area contributed by atoms with Gasteiger partial charge in [-0.05, 0) is 37.0 Å². The molecular weight excluding hydrogens is 224 g/mol. The molecule has 1 aliphatic carbocycles. The molecule has 2 rings (SSSR count). The molecule has 0 heterocycles. The minimum atomic E-state index is -0.132. The predicted octanol–water partition coefficient (Wildman–Crippen LogP) is 2.45. The Kier molecular flexibility index (Phi) is 3.34. The molecule has 0 saturated heterocycles. The lowest BCUT2D eigenvalue weighted by Gasteiger charge is -2.25. The maximum absolute atomic E-state index is 11.8. The third-order valence-corrected chi connectivity index (χ3v) is 3.27. The number of carbonyl (C=O) groups is 1. The molecule has 1 aromatic rings. The van der Waals surface area contributed by atoms with Crippen molar-refractivity contribution in [2.75, 3.05) is 12.3 Å². The van der Waals surface area contributed by atoms with Crippen LogP contribution >= 0.6 is 11.6 Å². The topological polar surface area (TPSA) is 55.1 Å². The average molecular weight is 239 g/mol. The van der Waals surface area contributed by atoms with E-state index in [2.05, 4.69) is 5.32 Å². The molecule has 1 aliphatic rings. The fourth-order valence-electron chi connectivity index (χ4n) is 1.75. The second-order valence-electron chi connectivity index (χ2n) is 4.24. The Balaban J connectivity index is 1.99. The quantitative estimate of drug-likeness (QED) is 0.795. The molecule has 0 aromatic heterocycles. The first-order valence-corrected chi connectivity index (χ1v) is 5.88. The van der Waals surface area contributed by atoms with E-state index >= 15 is 0 Å². The summed E-state index contributed by atoms with van der Waals surface area (Å²) in [5.74, 6) is 0.510. The first-order valence-electron chi connectivity index (χ1n) is 5.50. The number of rotatable bonds is 3. The summed E-state index contributed by atoms with van der Waals surface area (Å²) in [7, 11) is 0. The number of nitrogens with two attached hydrogens (primary N) is 1. The first kappa shape index (κ1) is 11.3. The van der Waals surface area contributed by atoms with Crippen molar-refractivity contribution in [2.45, 2.75) is 19.3 Å². The Morgan fingerprint density at radius 2 is 2.25 bits per heavy atom. The van der Waals surface area contributed by atoms with E-state index in [1.54, 1.807) is 18.2 Å². The molecule has 0 radical (unpaired) electrons. The monoisotopic (exact) mass is 238 g/mol. The van der Waals surface area contributed by atoms with Crippen molar-refractivity contribution in [1.29, 1.82) is 0 Å². The SMILES string of the molecule is Nc1ccc(Cl)cc1C(=O)NCC1CCC1. The molecule has 0 spiro atoms. The molecule has 4 heteroatoms. The molecule has 86 valence electrons. The summed E-state index contributed by atoms with van der Waals surface area (Å²) in [5.41, 5.74) is 6.66. The van der Waals surface area contributed by atoms with Gasteiger partial charge in [-0.3, -0.25) is 4.79 Å². The molecule has 0 bridgehead atoms. The molecule has 1 aromatic carbocycles. The smallest absolute Gasteiger partial charge is 0.253 e. The van der Waals surface area contributed by atoms with Gasteiger partial charge in [-0.15, -0.1) is 0 Å². The van der Waals surface area contributed by atoms with Crippen LogP contribution in [0.1, 0.15) is 29.6 Å². The molecule has 1 saturated carbocycles. The van der Waals surface area contributed by atoms with Gasteiger partial charge in [0.2, 0.25) is 0 Å². The van der Waals surface area contributed by atoms with E-state index in [1.165, 1.54) is 19.3 Å². The van der Waals surface area contributed by atoms with Crippen LogP contribution in [0.25, 0.3) is 0 Å². The summed E-state index contributed by atoms with van der Waals surface area (Å²) in [5, 5.41) is 3.42. The van der Waals surface area contributed by atoms with Crippen LogP contribution in [0.2, 0.25) is 5.02 Å². The van der Waals surface area contributed by atoms with Crippen LogP contribution in [0.15, 0.2) is 18.2 Å². The van der Waals surface area contributed by atoms with Crippen LogP contribution in [-0.2, 0) is 0 Å². The summed E-state index contributed by atoms with van der Waals surface area (Å²) >= 11 is 5.83. The molecule has 3 N–H and O–H groups in total. The number of amides is 1. The number of halogens is 1. The second kappa shape index (κ2) is 4.74. The minimum absolute atomic E-state index is 0.132. The number of benzene rings is 1. The van der Waals surface area contributed by atoms with Crippen molar-refractivity contribution in [1.82, 2.24) is 5.32 Å². The number of hydrogen-bond donors (Lipinski definition) is 2. The van der Waals surface area contributed by atoms with E-state index in [9.17, 15) is 4.79 Å². The molecule has 1 fully saturated rings. The van der Waals surface area contributed by atoms with Crippen molar-refractivity contribution in [3.8, 4) is 0 Å². The number of hydrogen-bond acceptors (Lipinski definition) is 2. The number of carbonyl (C=O) groups excluding carboxylic acids is 1. The number of nitrogen functional groups attached to an aromatic ring is 1. The molecule has 1 amide bonds. The predicted molar refractivity (Wildman–Crippen MR) is 65.5 cm³/mol. The van der Waals surface area contributed by atoms with Gasteiger partial charge in [-0.2, -0.15) is 0 Å². The maximum atomic E-state index is 11.8. The summed E-state index contributed by atoms with van der Waals surface area (Å²) in [6.07, 6.45) is 3.70. The van der Waals surface area contributed by atoms with E-state index in [-0.39, 0.29) is 5.91 Å². The summed E-state index contributed by atoms with van der Waals surface area (Å²) in [6, 6.07) is 4.94. The van der Waals surface area contributed by atoms with Gasteiger partial charge in [0.05, 0.1) is 5.56 Å². The van der Waals surface area contributed by atoms with Gasteiger partial charge < -0.3 is 11.1 Å². The largest absolute Gasteiger partial charge is 0.398 e. The highest BCUT2D eigenvalue weighted by Crippen LogP contribution is 2.25. The maximum Gasteiger partial charge on any atom is 0.253 e. The zero-order valence-electron chi connectivity index (χ0n) is 9.00. The van der Waals surface area contributed by atoms with Crippen molar-refractivity contribution in [2.24, 2.45) is 5.92 Å². The van der Waals surface area contributed by atoms with Crippen LogP contribution in [0.5, 0.6) is 0 Å². The highest BCUT2D eigenvalue weighted by atomic mass is 35.5. The van der Waals surface area contributed by atoms with Crippen molar-refractivity contribution in [3.63, 3.8) is 0 Å². The van der Waals surface area contributed by atoms with Gasteiger partial charge in [0.1, 0.15) is 0 Å². The van der Waals surface area contributed by atoms with Crippen molar-refractivity contribution >= 4 is 23.2 Å². The molecule has 0 unspecified atom stereocenters. The fourth-order valence-corrected chi connectivity index (χ4v) is 1.93. The first-order chi connectivity index (χ1) is 7.66. The molecule has 0 aliphatic heterocycles. The van der Waals surface area contributed by atoms with E-state index in [0.29, 0.717) is 22.2 Å². The highest BCUT2D eigenvalue weighted by molar-refractivity contribution is 6.31. The Hall–Kier alpha value is -1.22. The lowest BCUT2D eigenvalue weighted by Crippen LogP contribution is -2.32. The number of anilines is 1. The van der Waals surface area contributed by atoms with Gasteiger partial charge in [-0.25, -0.2) is 0 Å². The summed E-state index contributed by atoms with van der Waals surface area (Å²) in [4.78, 5) is 11.8. The minimum Gasteiger partial charge on any atom is -0.398 e. The molecule has 3 nitrogen and oxygen atoms in total. The van der Waals surface area contributed by atoms with Crippen LogP contribution in [0.4, 0.5) is 5.69 Å². The summed E-state index contributed by atoms with van der Waals surface area (Å²) in [6.45, 7) is 0.741. The summed E-state index contributed by atoms with van der Waals surface area (Å²) < 4.78 is 0. The Labute approximate surface area is 100.0 Å². The van der Waals surface area contributed by atoms with E-state index < -0.39 is 0 Å². The third kappa shape index (κ3) is 2.47. The van der Waals surface area contributed by atoms with Crippen LogP contribution in [-0.4, -0.2) is 12.5 Å². The van der Waals surface area contributed by atoms with E-state index in [0.717, 1.165) is 6.54 Å². The van der Waals surface area contributed by atoms with Crippen LogP contribution in [0, 0.1) is 5.92 Å². The van der Waals surface area contributed by atoms with Gasteiger partial charge in [-0.1, -0.05) is 18.0 Å². The zero-order valence-corrected chi connectivity index (χ0v) is 9.76. The lowest BCUT2D eigenvalue weighted by atomic mass is 9.85. The normalized spacial score (nSPS) is 15.6. The zero-order chi connectivity index (χ0) is 11.5. The fraction of sp³-hybridized carbons (Fsp3) is 0.417. The lowest BCUT2D eigenvalue weighted by molar-refractivity contribution is 0.0940. The van der Waals surface area contributed by atoms with E-state index in [1.807, 2.05) is 0 Å². The molecular formula is C12H15ClN2O. The third-order valence-electron chi connectivity index (χ3n) is 3.04. The Morgan fingerprint density at radius 3 is 2.88 bits per heavy atom. The average Bonchev–Trinajstić information content (AvgIpc) is 2.19. The molecule has 16 heavy (non-hydrogen) atoms. The van der Waals surface area contributed by atoms with Gasteiger partial charge in [0.15, 0.2) is 0 Å². The van der Waals surface area contributed by atoms with Crippen molar-refractivity contribution < 1.29 is 4.79 Å². The number of nitrogens with one attached hydrogen (secondary N) is 1. The van der Waals surface area contributed by atoms with Crippen LogP contribution in [0.3, 0.4) is 0 Å². The van der Waals surface area contributed by atoms with Crippen LogP contribution < -0.4 is 11.1 Å². The Bertz CT molecular complexity index is 402. The van der Waals surface area contributed by atoms with Gasteiger partial charge in [0, 0.05) is 17.3 Å². The molecule has 0 atom stereocenters. The highest BCUT2D eigenvalue weighted by Gasteiger charge is 2.18. The second-order valence-corrected chi connectivity index (χ2v) is 4.67. The Morgan fingerprint density at radius 1 is 1.50 bits per heavy atom. The standard InChI is InChI=1S/C12H15ClN2O/c13-9-4-5-11(14)10(6-9)12(16)15-7-8-2-1-3-8/h4-6,8H,1-3,7,14H2,(H,15,16).